The average Bonchev–Trinajstić information content (AvgIpc) is 2.80. The smallest absolute Gasteiger partial charge is 0.329 e. The van der Waals surface area contributed by atoms with E-state index in [0.29, 0.717) is 12.4 Å². The zero-order chi connectivity index (χ0) is 12.5. The van der Waals surface area contributed by atoms with Crippen LogP contribution >= 0.6 is 11.8 Å². The predicted octanol–water partition coefficient (Wildman–Crippen LogP) is 2.85. The minimum atomic E-state index is -4.41. The minimum Gasteiger partial charge on any atom is -0.329 e. The third-order valence-corrected chi connectivity index (χ3v) is 3.44. The highest BCUT2D eigenvalue weighted by atomic mass is 32.2. The van der Waals surface area contributed by atoms with Gasteiger partial charge in [-0.1, -0.05) is 6.07 Å². The summed E-state index contributed by atoms with van der Waals surface area (Å²) in [5.41, 5.74) is -0.683. The van der Waals surface area contributed by atoms with Crippen molar-refractivity contribution in [3.8, 4) is 0 Å². The molecule has 2 nitrogen and oxygen atoms in total. The Morgan fingerprint density at radius 2 is 2.12 bits per heavy atom. The molecule has 0 spiro atoms. The molecule has 0 radical (unpaired) electrons. The van der Waals surface area contributed by atoms with Gasteiger partial charge < -0.3 is 4.90 Å². The van der Waals surface area contributed by atoms with Crippen molar-refractivity contribution in [1.29, 1.82) is 0 Å². The average molecular weight is 261 g/mol. The summed E-state index contributed by atoms with van der Waals surface area (Å²) in [6.45, 7) is 0.597. The van der Waals surface area contributed by atoms with Gasteiger partial charge in [-0.05, 0) is 18.2 Å². The largest absolute Gasteiger partial charge is 0.416 e. The van der Waals surface area contributed by atoms with E-state index in [0.717, 1.165) is 17.9 Å². The second-order valence-electron chi connectivity index (χ2n) is 3.68. The number of amides is 1. The summed E-state index contributed by atoms with van der Waals surface area (Å²) >= 11 is 1.60. The summed E-state index contributed by atoms with van der Waals surface area (Å²) in [7, 11) is 0. The van der Waals surface area contributed by atoms with Gasteiger partial charge >= 0.3 is 6.18 Å². The summed E-state index contributed by atoms with van der Waals surface area (Å²) in [6.07, 6.45) is -4.41. The first-order valence-electron chi connectivity index (χ1n) is 5.03. The van der Waals surface area contributed by atoms with Crippen LogP contribution in [0, 0.1) is 0 Å². The fourth-order valence-electron chi connectivity index (χ4n) is 1.59. The molecular weight excluding hydrogens is 251 g/mol. The standard InChI is InChI=1S/C11H10F3NOS/c12-11(13,14)9-3-1-2-8(6-9)10(16)15-4-5-17-7-15/h1-3,6H,4-5,7H2. The Morgan fingerprint density at radius 3 is 2.71 bits per heavy atom. The first-order valence-corrected chi connectivity index (χ1v) is 6.18. The summed E-state index contributed by atoms with van der Waals surface area (Å²) in [5, 5.41) is 0. The van der Waals surface area contributed by atoms with E-state index < -0.39 is 11.7 Å². The lowest BCUT2D eigenvalue weighted by molar-refractivity contribution is -0.137. The SMILES string of the molecule is O=C(c1cccc(C(F)(F)F)c1)N1CCSC1. The van der Waals surface area contributed by atoms with Gasteiger partial charge in [-0.3, -0.25) is 4.79 Å². The Balaban J connectivity index is 2.24. The van der Waals surface area contributed by atoms with Gasteiger partial charge in [0.05, 0.1) is 11.4 Å². The van der Waals surface area contributed by atoms with Gasteiger partial charge in [0.1, 0.15) is 0 Å². The molecule has 6 heteroatoms. The van der Waals surface area contributed by atoms with Crippen molar-refractivity contribution in [2.45, 2.75) is 6.18 Å². The van der Waals surface area contributed by atoms with Crippen LogP contribution in [-0.4, -0.2) is 29.0 Å². The normalized spacial score (nSPS) is 16.3. The van der Waals surface area contributed by atoms with Crippen LogP contribution in [0.5, 0.6) is 0 Å². The molecule has 0 aliphatic carbocycles. The molecule has 0 saturated carbocycles. The van der Waals surface area contributed by atoms with Crippen LogP contribution < -0.4 is 0 Å². The van der Waals surface area contributed by atoms with Crippen LogP contribution in [0.15, 0.2) is 24.3 Å². The second kappa shape index (κ2) is 4.60. The van der Waals surface area contributed by atoms with E-state index in [1.807, 2.05) is 0 Å². The highest BCUT2D eigenvalue weighted by Crippen LogP contribution is 2.30. The van der Waals surface area contributed by atoms with E-state index in [1.54, 1.807) is 16.7 Å². The Bertz CT molecular complexity index is 427. The van der Waals surface area contributed by atoms with Gasteiger partial charge in [0.15, 0.2) is 0 Å². The molecule has 1 aromatic rings. The molecule has 92 valence electrons. The number of alkyl halides is 3. The van der Waals surface area contributed by atoms with Crippen molar-refractivity contribution in [2.24, 2.45) is 0 Å². The summed E-state index contributed by atoms with van der Waals surface area (Å²) in [6, 6.07) is 4.56. The number of carbonyl (C=O) groups is 1. The molecule has 1 amide bonds. The van der Waals surface area contributed by atoms with E-state index in [1.165, 1.54) is 12.1 Å². The minimum absolute atomic E-state index is 0.0994. The van der Waals surface area contributed by atoms with Crippen molar-refractivity contribution in [3.63, 3.8) is 0 Å². The molecule has 2 rings (SSSR count). The van der Waals surface area contributed by atoms with E-state index in [9.17, 15) is 18.0 Å². The quantitative estimate of drug-likeness (QED) is 0.774. The van der Waals surface area contributed by atoms with Gasteiger partial charge in [-0.2, -0.15) is 13.2 Å². The Kier molecular flexibility index (Phi) is 3.33. The topological polar surface area (TPSA) is 20.3 Å². The Morgan fingerprint density at radius 1 is 1.35 bits per heavy atom. The molecular formula is C11H10F3NOS. The number of hydrogen-bond acceptors (Lipinski definition) is 2. The zero-order valence-corrected chi connectivity index (χ0v) is 9.64. The molecule has 1 aliphatic heterocycles. The van der Waals surface area contributed by atoms with Gasteiger partial charge in [0.25, 0.3) is 5.91 Å². The maximum absolute atomic E-state index is 12.5. The van der Waals surface area contributed by atoms with Gasteiger partial charge in [-0.15, -0.1) is 11.8 Å². The van der Waals surface area contributed by atoms with Crippen molar-refractivity contribution in [1.82, 2.24) is 4.90 Å². The summed E-state index contributed by atoms with van der Waals surface area (Å²) < 4.78 is 37.4. The fraction of sp³-hybridized carbons (Fsp3) is 0.364. The van der Waals surface area contributed by atoms with Crippen LogP contribution in [0.2, 0.25) is 0 Å². The molecule has 17 heavy (non-hydrogen) atoms. The first kappa shape index (κ1) is 12.3. The van der Waals surface area contributed by atoms with Crippen LogP contribution in [0.4, 0.5) is 13.2 Å². The number of carbonyl (C=O) groups excluding carboxylic acids is 1. The first-order chi connectivity index (χ1) is 7.98. The van der Waals surface area contributed by atoms with Crippen molar-refractivity contribution in [2.75, 3.05) is 18.2 Å². The third kappa shape index (κ3) is 2.74. The Hall–Kier alpha value is -1.17. The molecule has 0 bridgehead atoms. The zero-order valence-electron chi connectivity index (χ0n) is 8.83. The molecule has 1 fully saturated rings. The molecule has 1 saturated heterocycles. The van der Waals surface area contributed by atoms with Crippen LogP contribution in [0.25, 0.3) is 0 Å². The molecule has 1 aromatic carbocycles. The molecule has 0 N–H and O–H groups in total. The van der Waals surface area contributed by atoms with E-state index in [-0.39, 0.29) is 11.5 Å². The summed E-state index contributed by atoms with van der Waals surface area (Å²) in [4.78, 5) is 13.4. The maximum atomic E-state index is 12.5. The molecule has 0 unspecified atom stereocenters. The number of thioether (sulfide) groups is 1. The van der Waals surface area contributed by atoms with Gasteiger partial charge in [0.2, 0.25) is 0 Å². The van der Waals surface area contributed by atoms with Gasteiger partial charge in [-0.25, -0.2) is 0 Å². The van der Waals surface area contributed by atoms with Gasteiger partial charge in [0, 0.05) is 17.9 Å². The number of halogens is 3. The lowest BCUT2D eigenvalue weighted by Crippen LogP contribution is -2.28. The highest BCUT2D eigenvalue weighted by molar-refractivity contribution is 7.99. The number of rotatable bonds is 1. The lowest BCUT2D eigenvalue weighted by Gasteiger charge is -2.15. The van der Waals surface area contributed by atoms with E-state index in [2.05, 4.69) is 0 Å². The second-order valence-corrected chi connectivity index (χ2v) is 4.76. The summed E-state index contributed by atoms with van der Waals surface area (Å²) in [5.74, 6) is 1.06. The van der Waals surface area contributed by atoms with E-state index in [4.69, 9.17) is 0 Å². The third-order valence-electron chi connectivity index (χ3n) is 2.48. The van der Waals surface area contributed by atoms with Crippen molar-refractivity contribution in [3.05, 3.63) is 35.4 Å². The molecule has 0 atom stereocenters. The predicted molar refractivity (Wildman–Crippen MR) is 59.8 cm³/mol. The number of benzene rings is 1. The number of nitrogens with zero attached hydrogens (tertiary/aromatic N) is 1. The van der Waals surface area contributed by atoms with Crippen LogP contribution in [-0.2, 0) is 6.18 Å². The van der Waals surface area contributed by atoms with Crippen LogP contribution in [0.1, 0.15) is 15.9 Å². The lowest BCUT2D eigenvalue weighted by atomic mass is 10.1. The molecule has 0 aromatic heterocycles. The Labute approximate surface area is 101 Å². The monoisotopic (exact) mass is 261 g/mol. The number of hydrogen-bond donors (Lipinski definition) is 0. The molecule has 1 aliphatic rings. The highest BCUT2D eigenvalue weighted by Gasteiger charge is 2.31. The fourth-order valence-corrected chi connectivity index (χ4v) is 2.53. The van der Waals surface area contributed by atoms with Crippen molar-refractivity contribution < 1.29 is 18.0 Å². The maximum Gasteiger partial charge on any atom is 0.416 e. The molecule has 1 heterocycles. The van der Waals surface area contributed by atoms with Crippen molar-refractivity contribution >= 4 is 17.7 Å². The van der Waals surface area contributed by atoms with Crippen LogP contribution in [0.3, 0.4) is 0 Å². The van der Waals surface area contributed by atoms with E-state index >= 15 is 0 Å².